The highest BCUT2D eigenvalue weighted by Crippen LogP contribution is 2.30. The highest BCUT2D eigenvalue weighted by atomic mass is 16.5. The summed E-state index contributed by atoms with van der Waals surface area (Å²) in [6, 6.07) is 9.90. The summed E-state index contributed by atoms with van der Waals surface area (Å²) in [5, 5.41) is 3.64. The van der Waals surface area contributed by atoms with Gasteiger partial charge in [0.1, 0.15) is 5.75 Å². The molecule has 104 valence electrons. The van der Waals surface area contributed by atoms with Gasteiger partial charge < -0.3 is 10.1 Å². The van der Waals surface area contributed by atoms with Crippen molar-refractivity contribution < 1.29 is 4.74 Å². The van der Waals surface area contributed by atoms with Crippen molar-refractivity contribution >= 4 is 5.69 Å². The quantitative estimate of drug-likeness (QED) is 0.850. The lowest BCUT2D eigenvalue weighted by Gasteiger charge is -2.17. The van der Waals surface area contributed by atoms with Crippen molar-refractivity contribution in [1.82, 2.24) is 4.90 Å². The average molecular weight is 260 g/mol. The monoisotopic (exact) mass is 260 g/mol. The van der Waals surface area contributed by atoms with Crippen LogP contribution in [-0.4, -0.2) is 36.7 Å². The minimum atomic E-state index is 0.614. The van der Waals surface area contributed by atoms with Crippen LogP contribution in [-0.2, 0) is 0 Å². The van der Waals surface area contributed by atoms with Crippen LogP contribution in [0.15, 0.2) is 24.3 Å². The van der Waals surface area contributed by atoms with Crippen LogP contribution in [0, 0.1) is 0 Å². The van der Waals surface area contributed by atoms with Gasteiger partial charge in [0.15, 0.2) is 0 Å². The molecule has 3 rings (SSSR count). The molecule has 1 aromatic carbocycles. The Morgan fingerprint density at radius 2 is 2.00 bits per heavy atom. The number of nitrogens with one attached hydrogen (secondary N) is 1. The molecule has 0 amide bonds. The first-order valence-corrected chi connectivity index (χ1v) is 7.58. The van der Waals surface area contributed by atoms with E-state index in [2.05, 4.69) is 41.4 Å². The zero-order valence-corrected chi connectivity index (χ0v) is 11.8. The number of likely N-dealkylation sites (tertiary alicyclic amines) is 1. The molecule has 2 aliphatic rings. The Morgan fingerprint density at radius 3 is 2.68 bits per heavy atom. The Kier molecular flexibility index (Phi) is 3.92. The number of hydrogen-bond donors (Lipinski definition) is 1. The maximum Gasteiger partial charge on any atom is 0.119 e. The highest BCUT2D eigenvalue weighted by molar-refractivity contribution is 5.47. The molecule has 3 nitrogen and oxygen atoms in total. The van der Waals surface area contributed by atoms with E-state index in [1.165, 1.54) is 38.0 Å². The van der Waals surface area contributed by atoms with Crippen LogP contribution in [0.2, 0.25) is 0 Å². The summed E-state index contributed by atoms with van der Waals surface area (Å²) in [6.45, 7) is 5.40. The van der Waals surface area contributed by atoms with Gasteiger partial charge >= 0.3 is 0 Å². The van der Waals surface area contributed by atoms with Crippen LogP contribution in [0.1, 0.15) is 32.6 Å². The maximum atomic E-state index is 5.60. The second kappa shape index (κ2) is 5.83. The first-order valence-electron chi connectivity index (χ1n) is 7.58. The van der Waals surface area contributed by atoms with Crippen LogP contribution in [0.3, 0.4) is 0 Å². The second-order valence-corrected chi connectivity index (χ2v) is 5.73. The normalized spacial score (nSPS) is 23.5. The predicted molar refractivity (Wildman–Crippen MR) is 78.9 cm³/mol. The van der Waals surface area contributed by atoms with Crippen molar-refractivity contribution in [3.05, 3.63) is 24.3 Å². The van der Waals surface area contributed by atoms with E-state index in [-0.39, 0.29) is 0 Å². The molecule has 1 unspecified atom stereocenters. The molecule has 1 atom stereocenters. The van der Waals surface area contributed by atoms with Crippen molar-refractivity contribution in [3.8, 4) is 5.75 Å². The summed E-state index contributed by atoms with van der Waals surface area (Å²) >= 11 is 0. The summed E-state index contributed by atoms with van der Waals surface area (Å²) in [4.78, 5) is 2.64. The zero-order chi connectivity index (χ0) is 13.1. The number of benzene rings is 1. The third-order valence-corrected chi connectivity index (χ3v) is 3.98. The lowest BCUT2D eigenvalue weighted by molar-refractivity contribution is 0.317. The fourth-order valence-corrected chi connectivity index (χ4v) is 2.78. The molecule has 0 bridgehead atoms. The minimum Gasteiger partial charge on any atom is -0.494 e. The Morgan fingerprint density at radius 1 is 1.21 bits per heavy atom. The lowest BCUT2D eigenvalue weighted by atomic mass is 10.2. The number of nitrogens with zero attached hydrogens (tertiary/aromatic N) is 1. The van der Waals surface area contributed by atoms with Gasteiger partial charge in [-0.05, 0) is 49.9 Å². The number of ether oxygens (including phenoxy) is 1. The van der Waals surface area contributed by atoms with Gasteiger partial charge in [-0.15, -0.1) is 0 Å². The third-order valence-electron chi connectivity index (χ3n) is 3.98. The van der Waals surface area contributed by atoms with Gasteiger partial charge in [-0.2, -0.15) is 0 Å². The Balaban J connectivity index is 1.49. The minimum absolute atomic E-state index is 0.614. The lowest BCUT2D eigenvalue weighted by Crippen LogP contribution is -2.27. The first-order chi connectivity index (χ1) is 9.35. The molecule has 19 heavy (non-hydrogen) atoms. The van der Waals surface area contributed by atoms with E-state index in [9.17, 15) is 0 Å². The van der Waals surface area contributed by atoms with Crippen LogP contribution < -0.4 is 10.1 Å². The summed E-state index contributed by atoms with van der Waals surface area (Å²) in [7, 11) is 0. The van der Waals surface area contributed by atoms with Crippen molar-refractivity contribution in [2.45, 2.75) is 44.7 Å². The van der Waals surface area contributed by atoms with Crippen molar-refractivity contribution in [2.75, 3.05) is 25.0 Å². The molecule has 3 heteroatoms. The van der Waals surface area contributed by atoms with Gasteiger partial charge in [0.25, 0.3) is 0 Å². The molecule has 2 fully saturated rings. The molecule has 1 aliphatic heterocycles. The fraction of sp³-hybridized carbons (Fsp3) is 0.625. The van der Waals surface area contributed by atoms with E-state index in [1.807, 2.05) is 0 Å². The molecular weight excluding hydrogens is 236 g/mol. The number of anilines is 1. The highest BCUT2D eigenvalue weighted by Gasteiger charge is 2.34. The molecule has 0 aromatic heterocycles. The third kappa shape index (κ3) is 3.41. The topological polar surface area (TPSA) is 24.5 Å². The molecule has 0 radical (unpaired) electrons. The average Bonchev–Trinajstić information content (AvgIpc) is 3.19. The van der Waals surface area contributed by atoms with E-state index < -0.39 is 0 Å². The van der Waals surface area contributed by atoms with Crippen molar-refractivity contribution in [2.24, 2.45) is 0 Å². The van der Waals surface area contributed by atoms with Crippen molar-refractivity contribution in [1.29, 1.82) is 0 Å². The summed E-state index contributed by atoms with van der Waals surface area (Å²) in [5.41, 5.74) is 1.21. The Hall–Kier alpha value is -1.22. The van der Waals surface area contributed by atoms with Gasteiger partial charge in [-0.1, -0.05) is 6.92 Å². The largest absolute Gasteiger partial charge is 0.494 e. The molecule has 0 spiro atoms. The molecular formula is C16H24N2O. The van der Waals surface area contributed by atoms with E-state index in [1.54, 1.807) is 0 Å². The van der Waals surface area contributed by atoms with Crippen molar-refractivity contribution in [3.63, 3.8) is 0 Å². The maximum absolute atomic E-state index is 5.60. The first kappa shape index (κ1) is 12.8. The summed E-state index contributed by atoms with van der Waals surface area (Å²) in [5.74, 6) is 0.971. The molecule has 1 saturated heterocycles. The second-order valence-electron chi connectivity index (χ2n) is 5.73. The summed E-state index contributed by atoms with van der Waals surface area (Å²) < 4.78 is 5.60. The zero-order valence-electron chi connectivity index (χ0n) is 11.8. The van der Waals surface area contributed by atoms with E-state index in [0.717, 1.165) is 24.8 Å². The van der Waals surface area contributed by atoms with Gasteiger partial charge in [0.2, 0.25) is 0 Å². The Bertz CT molecular complexity index is 400. The molecule has 1 heterocycles. The van der Waals surface area contributed by atoms with E-state index in [4.69, 9.17) is 4.74 Å². The van der Waals surface area contributed by atoms with Crippen LogP contribution in [0.25, 0.3) is 0 Å². The Labute approximate surface area is 115 Å². The molecule has 1 saturated carbocycles. The van der Waals surface area contributed by atoms with E-state index in [0.29, 0.717) is 6.04 Å². The molecule has 1 aromatic rings. The summed E-state index contributed by atoms with van der Waals surface area (Å²) in [6.07, 6.45) is 5.15. The molecule has 1 N–H and O–H groups in total. The van der Waals surface area contributed by atoms with Crippen LogP contribution >= 0.6 is 0 Å². The smallest absolute Gasteiger partial charge is 0.119 e. The van der Waals surface area contributed by atoms with E-state index >= 15 is 0 Å². The van der Waals surface area contributed by atoms with Gasteiger partial charge in [-0.25, -0.2) is 0 Å². The van der Waals surface area contributed by atoms with Gasteiger partial charge in [-0.3, -0.25) is 4.90 Å². The van der Waals surface area contributed by atoms with Crippen LogP contribution in [0.5, 0.6) is 5.75 Å². The number of hydrogen-bond acceptors (Lipinski definition) is 3. The predicted octanol–water partition coefficient (Wildman–Crippen LogP) is 3.12. The van der Waals surface area contributed by atoms with Gasteiger partial charge in [0, 0.05) is 30.9 Å². The SMILES string of the molecule is CCCOc1ccc(NC2CCN(C3CC3)C2)cc1. The standard InChI is InChI=1S/C16H24N2O/c1-2-11-19-16-7-3-13(4-8-16)17-14-9-10-18(12-14)15-5-6-15/h3-4,7-8,14-15,17H,2,5-6,9-12H2,1H3. The fourth-order valence-electron chi connectivity index (χ4n) is 2.78. The van der Waals surface area contributed by atoms with Crippen LogP contribution in [0.4, 0.5) is 5.69 Å². The molecule has 1 aliphatic carbocycles. The van der Waals surface area contributed by atoms with Gasteiger partial charge in [0.05, 0.1) is 6.61 Å². The number of rotatable bonds is 6.